The first-order valence-electron chi connectivity index (χ1n) is 23.2. The molecule has 2 fully saturated rings. The lowest BCUT2D eigenvalue weighted by atomic mass is 10.1. The maximum absolute atomic E-state index is 14.4. The summed E-state index contributed by atoms with van der Waals surface area (Å²) >= 11 is 4.21. The summed E-state index contributed by atoms with van der Waals surface area (Å²) < 4.78 is 29.1. The van der Waals surface area contributed by atoms with Gasteiger partial charge in [-0.05, 0) is 57.8 Å². The molecule has 30 heteroatoms. The van der Waals surface area contributed by atoms with Crippen LogP contribution in [-0.2, 0) is 65.7 Å². The Kier molecular flexibility index (Phi) is 26.3. The molecule has 0 saturated carbocycles. The van der Waals surface area contributed by atoms with Crippen molar-refractivity contribution in [3.8, 4) is 0 Å². The Morgan fingerprint density at radius 2 is 1.32 bits per heavy atom. The van der Waals surface area contributed by atoms with Crippen molar-refractivity contribution in [3.05, 3.63) is 11.9 Å². The van der Waals surface area contributed by atoms with E-state index in [0.717, 1.165) is 0 Å². The first-order chi connectivity index (χ1) is 33.9. The topological polar surface area (TPSA) is 425 Å². The van der Waals surface area contributed by atoms with E-state index in [1.54, 1.807) is 0 Å². The van der Waals surface area contributed by atoms with Crippen molar-refractivity contribution >= 4 is 71.9 Å². The van der Waals surface area contributed by atoms with E-state index in [9.17, 15) is 47.9 Å². The summed E-state index contributed by atoms with van der Waals surface area (Å²) in [7, 11) is 0. The monoisotopic (exact) mass is 1030 g/mol. The minimum atomic E-state index is -1.46. The molecular weight excluding hydrogens is 960 g/mol. The van der Waals surface area contributed by atoms with E-state index in [1.165, 1.54) is 20.7 Å². The Bertz CT molecular complexity index is 1990. The van der Waals surface area contributed by atoms with Gasteiger partial charge in [-0.15, -0.1) is 5.10 Å². The number of thiol groups is 1. The normalized spacial score (nSPS) is 17.0. The Morgan fingerprint density at radius 3 is 1.93 bits per heavy atom. The van der Waals surface area contributed by atoms with Gasteiger partial charge in [-0.1, -0.05) is 5.21 Å². The number of rotatable bonds is 34. The van der Waals surface area contributed by atoms with Crippen molar-refractivity contribution in [2.24, 2.45) is 38.7 Å². The quantitative estimate of drug-likeness (QED) is 0.0133. The Hall–Kier alpha value is -6.40. The minimum Gasteiger partial charge on any atom is -0.480 e. The molecule has 2 aliphatic heterocycles. The molecule has 398 valence electrons. The molecule has 2 saturated heterocycles. The number of nitrogens with zero attached hydrogens (tertiary/aromatic N) is 7. The van der Waals surface area contributed by atoms with Crippen LogP contribution in [0.1, 0.15) is 69.9 Å². The van der Waals surface area contributed by atoms with E-state index in [1.807, 2.05) is 0 Å². The smallest absolute Gasteiger partial charge is 0.326 e. The number of alkyl halides is 1. The van der Waals surface area contributed by atoms with Crippen molar-refractivity contribution in [1.29, 1.82) is 0 Å². The summed E-state index contributed by atoms with van der Waals surface area (Å²) in [4.78, 5) is 117. The van der Waals surface area contributed by atoms with Gasteiger partial charge in [-0.2, -0.15) is 12.6 Å². The highest BCUT2D eigenvalue weighted by molar-refractivity contribution is 7.80. The van der Waals surface area contributed by atoms with Crippen molar-refractivity contribution in [1.82, 2.24) is 46.1 Å². The first kappa shape index (κ1) is 58.9. The molecule has 0 bridgehead atoms. The van der Waals surface area contributed by atoms with Crippen LogP contribution in [0.2, 0.25) is 0 Å². The number of halogens is 1. The molecular formula is C41H69FN16O12S. The third kappa shape index (κ3) is 21.2. The molecule has 28 nitrogen and oxygen atoms in total. The number of ether oxygens (including phenoxy) is 3. The van der Waals surface area contributed by atoms with Gasteiger partial charge in [0.15, 0.2) is 11.9 Å². The molecule has 0 aromatic carbocycles. The average Bonchev–Trinajstić information content (AvgIpc) is 4.12. The zero-order chi connectivity index (χ0) is 52.3. The second kappa shape index (κ2) is 31.7. The predicted octanol–water partition coefficient (Wildman–Crippen LogP) is -4.89. The number of carboxylic acids is 1. The molecule has 0 unspecified atom stereocenters. The summed E-state index contributed by atoms with van der Waals surface area (Å²) in [6.07, 6.45) is 2.52. The van der Waals surface area contributed by atoms with Gasteiger partial charge in [0.1, 0.15) is 55.2 Å². The van der Waals surface area contributed by atoms with Crippen LogP contribution in [0.4, 0.5) is 4.39 Å². The van der Waals surface area contributed by atoms with Crippen LogP contribution >= 0.6 is 12.6 Å². The van der Waals surface area contributed by atoms with Gasteiger partial charge in [0.25, 0.3) is 0 Å². The highest BCUT2D eigenvalue weighted by atomic mass is 32.1. The number of aliphatic imine (C=N–C) groups is 2. The molecule has 71 heavy (non-hydrogen) atoms. The van der Waals surface area contributed by atoms with Crippen molar-refractivity contribution in [2.45, 2.75) is 114 Å². The van der Waals surface area contributed by atoms with Crippen molar-refractivity contribution in [3.63, 3.8) is 0 Å². The van der Waals surface area contributed by atoms with E-state index >= 15 is 0 Å². The van der Waals surface area contributed by atoms with Gasteiger partial charge in [0, 0.05) is 38.4 Å². The highest BCUT2D eigenvalue weighted by Crippen LogP contribution is 2.26. The number of primary amides is 1. The van der Waals surface area contributed by atoms with E-state index in [4.69, 9.17) is 42.9 Å². The number of hydrogen-bond acceptors (Lipinski definition) is 16. The van der Waals surface area contributed by atoms with Gasteiger partial charge in [-0.3, -0.25) is 43.5 Å². The number of aromatic nitrogens is 3. The summed E-state index contributed by atoms with van der Waals surface area (Å²) in [6.45, 7) is 0.610. The zero-order valence-electron chi connectivity index (χ0n) is 39.6. The Morgan fingerprint density at radius 1 is 0.746 bits per heavy atom. The van der Waals surface area contributed by atoms with Crippen molar-refractivity contribution < 1.29 is 62.1 Å². The molecule has 15 N–H and O–H groups in total. The number of carbonyl (C=O) groups excluding carboxylic acids is 7. The van der Waals surface area contributed by atoms with Crippen LogP contribution in [0.5, 0.6) is 0 Å². The van der Waals surface area contributed by atoms with Crippen LogP contribution in [0.15, 0.2) is 16.2 Å². The summed E-state index contributed by atoms with van der Waals surface area (Å²) in [5.74, 6) is -6.94. The van der Waals surface area contributed by atoms with Gasteiger partial charge in [-0.25, -0.2) is 13.9 Å². The maximum Gasteiger partial charge on any atom is 0.326 e. The second-order valence-corrected chi connectivity index (χ2v) is 16.8. The molecule has 7 amide bonds. The van der Waals surface area contributed by atoms with Crippen LogP contribution < -0.4 is 49.9 Å². The molecule has 2 aliphatic rings. The van der Waals surface area contributed by atoms with E-state index < -0.39 is 90.2 Å². The van der Waals surface area contributed by atoms with E-state index in [2.05, 4.69) is 54.2 Å². The lowest BCUT2D eigenvalue weighted by Crippen LogP contribution is -2.59. The number of likely N-dealkylation sites (tertiary alicyclic amines) is 2. The molecule has 1 aromatic heterocycles. The zero-order valence-corrected chi connectivity index (χ0v) is 40.5. The number of guanidine groups is 2. The van der Waals surface area contributed by atoms with Gasteiger partial charge < -0.3 is 79.1 Å². The molecule has 0 radical (unpaired) electrons. The predicted molar refractivity (Wildman–Crippen MR) is 254 cm³/mol. The third-order valence-electron chi connectivity index (χ3n) is 11.0. The first-order valence-corrected chi connectivity index (χ1v) is 23.8. The number of aliphatic carboxylic acids is 1. The van der Waals surface area contributed by atoms with Crippen LogP contribution in [0.25, 0.3) is 0 Å². The third-order valence-corrected chi connectivity index (χ3v) is 11.4. The number of amides is 7. The summed E-state index contributed by atoms with van der Waals surface area (Å²) in [5.41, 5.74) is 27.5. The number of nitrogens with two attached hydrogens (primary N) is 5. The number of carboxylic acid groups (broad SMARTS) is 1. The fourth-order valence-electron chi connectivity index (χ4n) is 7.61. The Labute approximate surface area is 414 Å². The van der Waals surface area contributed by atoms with Crippen molar-refractivity contribution in [2.75, 3.05) is 71.6 Å². The fourth-order valence-corrected chi connectivity index (χ4v) is 7.86. The molecule has 6 atom stereocenters. The molecule has 3 rings (SSSR count). The van der Waals surface area contributed by atoms with E-state index in [0.29, 0.717) is 18.5 Å². The SMILES string of the molecule is NC(=O)CC[C@H](NC(=O)[C@H](CS)NC(=O)Cn1cc(COCCOCCOCCF)nn1)C(=O)N[C@@H](CCCN=C(N)N)C(=O)N1CCC[C@H]1C(=O)N1CCC[C@H]1C(=O)N[C@@H](CCCN=C(N)N)C(=O)O. The molecule has 1 aromatic rings. The molecule has 0 aliphatic carbocycles. The number of carbonyl (C=O) groups is 8. The minimum absolute atomic E-state index is 0.000432. The average molecular weight is 1030 g/mol. The number of nitrogens with one attached hydrogen (secondary N) is 4. The maximum atomic E-state index is 14.4. The van der Waals surface area contributed by atoms with Gasteiger partial charge in [0.2, 0.25) is 41.4 Å². The summed E-state index contributed by atoms with van der Waals surface area (Å²) in [5, 5.41) is 27.9. The van der Waals surface area contributed by atoms with Crippen LogP contribution in [-0.4, -0.2) is 197 Å². The van der Waals surface area contributed by atoms with Gasteiger partial charge in [0.05, 0.1) is 45.8 Å². The molecule has 3 heterocycles. The lowest BCUT2D eigenvalue weighted by molar-refractivity contribution is -0.149. The van der Waals surface area contributed by atoms with Crippen LogP contribution in [0.3, 0.4) is 0 Å². The van der Waals surface area contributed by atoms with E-state index in [-0.39, 0.29) is 141 Å². The summed E-state index contributed by atoms with van der Waals surface area (Å²) in [6, 6.07) is -7.39. The number of hydrogen-bond donors (Lipinski definition) is 11. The van der Waals surface area contributed by atoms with Gasteiger partial charge >= 0.3 is 5.97 Å². The lowest BCUT2D eigenvalue weighted by Gasteiger charge is -2.33. The highest BCUT2D eigenvalue weighted by Gasteiger charge is 2.44. The van der Waals surface area contributed by atoms with Crippen LogP contribution in [0, 0.1) is 0 Å². The largest absolute Gasteiger partial charge is 0.480 e. The Balaban J connectivity index is 1.69. The standard InChI is InChI=1S/C41H69FN16O12S/c42-11-16-68-17-18-69-19-20-70-23-25-21-56(55-54-25)22-33(60)50-29(24-71)35(62)51-26(9-10-32(43)59)34(61)52-27(5-1-12-48-40(44)45)37(64)58-15-4-8-31(58)38(65)57-14-3-7-30(57)36(63)53-28(39(66)67)6-2-13-49-41(46)47/h21,26-31,71H,1-20,22-24H2,(H2,43,59)(H,50,60)(H,51,62)(H,52,61)(H,53,63)(H,66,67)(H4,44,45,48)(H4,46,47,49)/t26-,27-,28-,29-,30-,31-/m0/s1. The fraction of sp³-hybridized carbons (Fsp3) is 0.707. The molecule has 0 spiro atoms. The second-order valence-electron chi connectivity index (χ2n) is 16.5.